The van der Waals surface area contributed by atoms with Crippen LogP contribution in [0.1, 0.15) is 0 Å². The first-order valence-electron chi connectivity index (χ1n) is 4.45. The van der Waals surface area contributed by atoms with Gasteiger partial charge in [-0.05, 0) is 0 Å². The number of nitrogens with zero attached hydrogens (tertiary/aromatic N) is 5. The van der Waals surface area contributed by atoms with Crippen molar-refractivity contribution in [1.82, 2.24) is 24.5 Å². The number of esters is 1. The predicted octanol–water partition coefficient (Wildman–Crippen LogP) is -1.30. The lowest BCUT2D eigenvalue weighted by molar-refractivity contribution is -0.141. The van der Waals surface area contributed by atoms with E-state index in [9.17, 15) is 9.59 Å². The Morgan fingerprint density at radius 2 is 2.31 bits per heavy atom. The Bertz CT molecular complexity index is 599. The number of aryl methyl sites for hydroxylation is 1. The highest BCUT2D eigenvalue weighted by Crippen LogP contribution is 1.99. The second-order valence-electron chi connectivity index (χ2n) is 3.14. The molecule has 0 atom stereocenters. The molecule has 0 bridgehead atoms. The Balaban J connectivity index is 2.53. The molecule has 0 saturated carbocycles. The van der Waals surface area contributed by atoms with E-state index >= 15 is 0 Å². The van der Waals surface area contributed by atoms with Crippen LogP contribution in [-0.4, -0.2) is 37.6 Å². The summed E-state index contributed by atoms with van der Waals surface area (Å²) < 4.78 is 6.97. The first-order valence-corrected chi connectivity index (χ1v) is 4.45. The maximum Gasteiger partial charge on any atom is 0.325 e. The van der Waals surface area contributed by atoms with E-state index in [4.69, 9.17) is 0 Å². The van der Waals surface area contributed by atoms with Gasteiger partial charge in [0, 0.05) is 7.05 Å². The van der Waals surface area contributed by atoms with E-state index < -0.39 is 11.5 Å². The number of hydrogen-bond donors (Lipinski definition) is 0. The van der Waals surface area contributed by atoms with Gasteiger partial charge in [-0.2, -0.15) is 0 Å². The topological polar surface area (TPSA) is 91.9 Å². The summed E-state index contributed by atoms with van der Waals surface area (Å²) in [6, 6.07) is 0. The summed E-state index contributed by atoms with van der Waals surface area (Å²) in [4.78, 5) is 26.8. The SMILES string of the molecule is COC(=O)Cn1cnc2c(nnn2C)c1=O. The van der Waals surface area contributed by atoms with Crippen LogP contribution in [0.25, 0.3) is 11.2 Å². The quantitative estimate of drug-likeness (QED) is 0.587. The second-order valence-corrected chi connectivity index (χ2v) is 3.14. The maximum atomic E-state index is 11.8. The third-order valence-electron chi connectivity index (χ3n) is 2.11. The number of rotatable bonds is 2. The largest absolute Gasteiger partial charge is 0.468 e. The summed E-state index contributed by atoms with van der Waals surface area (Å²) in [5.41, 5.74) is 0.100. The molecule has 0 saturated heterocycles. The molecule has 0 unspecified atom stereocenters. The van der Waals surface area contributed by atoms with Crippen LogP contribution in [0.3, 0.4) is 0 Å². The highest BCUT2D eigenvalue weighted by atomic mass is 16.5. The van der Waals surface area contributed by atoms with Gasteiger partial charge in [0.15, 0.2) is 11.2 Å². The van der Waals surface area contributed by atoms with E-state index in [-0.39, 0.29) is 12.1 Å². The van der Waals surface area contributed by atoms with Gasteiger partial charge >= 0.3 is 5.97 Å². The zero-order chi connectivity index (χ0) is 11.7. The first kappa shape index (κ1) is 10.3. The zero-order valence-electron chi connectivity index (χ0n) is 8.75. The standard InChI is InChI=1S/C8H9N5O3/c1-12-7-6(10-11-12)8(15)13(4-9-7)3-5(14)16-2/h4H,3H2,1-2H3. The maximum absolute atomic E-state index is 11.8. The van der Waals surface area contributed by atoms with Crippen molar-refractivity contribution in [3.63, 3.8) is 0 Å². The molecule has 0 fully saturated rings. The number of carbonyl (C=O) groups is 1. The van der Waals surface area contributed by atoms with E-state index in [0.29, 0.717) is 5.65 Å². The predicted molar refractivity (Wildman–Crippen MR) is 52.6 cm³/mol. The van der Waals surface area contributed by atoms with Crippen LogP contribution in [0.2, 0.25) is 0 Å². The highest BCUT2D eigenvalue weighted by Gasteiger charge is 2.11. The minimum Gasteiger partial charge on any atom is -0.468 e. The van der Waals surface area contributed by atoms with Crippen LogP contribution in [-0.2, 0) is 23.1 Å². The van der Waals surface area contributed by atoms with Crippen molar-refractivity contribution < 1.29 is 9.53 Å². The fourth-order valence-corrected chi connectivity index (χ4v) is 1.26. The van der Waals surface area contributed by atoms with Crippen LogP contribution in [0.4, 0.5) is 0 Å². The molecule has 8 heteroatoms. The minimum absolute atomic E-state index is 0.133. The molecule has 2 aromatic heterocycles. The monoisotopic (exact) mass is 223 g/mol. The number of fused-ring (bicyclic) bond motifs is 1. The lowest BCUT2D eigenvalue weighted by atomic mass is 10.5. The second kappa shape index (κ2) is 3.72. The van der Waals surface area contributed by atoms with Crippen molar-refractivity contribution in [2.45, 2.75) is 6.54 Å². The van der Waals surface area contributed by atoms with E-state index in [2.05, 4.69) is 20.0 Å². The molecular formula is C8H9N5O3. The van der Waals surface area contributed by atoms with E-state index in [0.717, 1.165) is 4.57 Å². The summed E-state index contributed by atoms with van der Waals surface area (Å²) in [5.74, 6) is -0.521. The van der Waals surface area contributed by atoms with E-state index in [1.165, 1.54) is 18.1 Å². The third-order valence-corrected chi connectivity index (χ3v) is 2.11. The molecule has 16 heavy (non-hydrogen) atoms. The molecule has 0 N–H and O–H groups in total. The summed E-state index contributed by atoms with van der Waals surface area (Å²) in [7, 11) is 2.88. The van der Waals surface area contributed by atoms with Crippen molar-refractivity contribution >= 4 is 17.1 Å². The minimum atomic E-state index is -0.521. The van der Waals surface area contributed by atoms with Gasteiger partial charge in [0.2, 0.25) is 0 Å². The van der Waals surface area contributed by atoms with Crippen molar-refractivity contribution in [1.29, 1.82) is 0 Å². The smallest absolute Gasteiger partial charge is 0.325 e. The van der Waals surface area contributed by atoms with Gasteiger partial charge in [-0.1, -0.05) is 5.21 Å². The average Bonchev–Trinajstić information content (AvgIpc) is 2.65. The Labute approximate surface area is 89.5 Å². The Kier molecular flexibility index (Phi) is 2.39. The molecule has 0 radical (unpaired) electrons. The van der Waals surface area contributed by atoms with E-state index in [1.54, 1.807) is 7.05 Å². The van der Waals surface area contributed by atoms with E-state index in [1.807, 2.05) is 0 Å². The molecule has 0 aliphatic rings. The van der Waals surface area contributed by atoms with Crippen LogP contribution in [0, 0.1) is 0 Å². The van der Waals surface area contributed by atoms with Gasteiger partial charge in [0.05, 0.1) is 7.11 Å². The number of hydrogen-bond acceptors (Lipinski definition) is 6. The first-order chi connectivity index (χ1) is 7.63. The van der Waals surface area contributed by atoms with Crippen LogP contribution >= 0.6 is 0 Å². The van der Waals surface area contributed by atoms with Crippen LogP contribution in [0.5, 0.6) is 0 Å². The molecule has 2 heterocycles. The lowest BCUT2D eigenvalue weighted by Crippen LogP contribution is -2.25. The summed E-state index contributed by atoms with van der Waals surface area (Å²) in [6.45, 7) is -0.186. The molecule has 0 aromatic carbocycles. The Hall–Kier alpha value is -2.25. The summed E-state index contributed by atoms with van der Waals surface area (Å²) >= 11 is 0. The molecule has 0 aliphatic carbocycles. The molecule has 2 aromatic rings. The number of aromatic nitrogens is 5. The zero-order valence-corrected chi connectivity index (χ0v) is 8.75. The van der Waals surface area contributed by atoms with Gasteiger partial charge in [-0.25, -0.2) is 9.67 Å². The molecule has 84 valence electrons. The molecular weight excluding hydrogens is 214 g/mol. The van der Waals surface area contributed by atoms with Gasteiger partial charge in [-0.15, -0.1) is 5.10 Å². The lowest BCUT2D eigenvalue weighted by Gasteiger charge is -2.02. The van der Waals surface area contributed by atoms with Crippen LogP contribution in [0.15, 0.2) is 11.1 Å². The van der Waals surface area contributed by atoms with Crippen molar-refractivity contribution in [2.75, 3.05) is 7.11 Å². The van der Waals surface area contributed by atoms with Gasteiger partial charge in [0.1, 0.15) is 12.9 Å². The van der Waals surface area contributed by atoms with Crippen LogP contribution < -0.4 is 5.56 Å². The summed E-state index contributed by atoms with van der Waals surface area (Å²) in [6.07, 6.45) is 1.27. The fourth-order valence-electron chi connectivity index (χ4n) is 1.26. The molecule has 8 nitrogen and oxygen atoms in total. The molecule has 0 aliphatic heterocycles. The number of carbonyl (C=O) groups excluding carboxylic acids is 1. The Morgan fingerprint density at radius 1 is 1.56 bits per heavy atom. The summed E-state index contributed by atoms with van der Waals surface area (Å²) in [5, 5.41) is 7.35. The highest BCUT2D eigenvalue weighted by molar-refractivity contribution is 5.71. The van der Waals surface area contributed by atoms with Gasteiger partial charge in [-0.3, -0.25) is 14.2 Å². The van der Waals surface area contributed by atoms with Crippen molar-refractivity contribution in [3.05, 3.63) is 16.7 Å². The fraction of sp³-hybridized carbons (Fsp3) is 0.375. The third kappa shape index (κ3) is 1.53. The van der Waals surface area contributed by atoms with Gasteiger partial charge < -0.3 is 4.74 Å². The Morgan fingerprint density at radius 3 is 3.00 bits per heavy atom. The van der Waals surface area contributed by atoms with Crippen molar-refractivity contribution in [2.24, 2.45) is 7.05 Å². The average molecular weight is 223 g/mol. The molecule has 0 spiro atoms. The molecule has 0 amide bonds. The van der Waals surface area contributed by atoms with Gasteiger partial charge in [0.25, 0.3) is 5.56 Å². The normalized spacial score (nSPS) is 10.6. The van der Waals surface area contributed by atoms with Crippen molar-refractivity contribution in [3.8, 4) is 0 Å². The number of methoxy groups -OCH3 is 1. The molecule has 2 rings (SSSR count). The number of ether oxygens (including phenoxy) is 1.